The van der Waals surface area contributed by atoms with Crippen LogP contribution in [0.4, 0.5) is 5.69 Å². The van der Waals surface area contributed by atoms with Gasteiger partial charge in [0.15, 0.2) is 0 Å². The van der Waals surface area contributed by atoms with Gasteiger partial charge in [-0.3, -0.25) is 9.52 Å². The molecular weight excluding hydrogens is 338 g/mol. The van der Waals surface area contributed by atoms with Crippen molar-refractivity contribution >= 4 is 32.5 Å². The van der Waals surface area contributed by atoms with Crippen molar-refractivity contribution in [3.63, 3.8) is 0 Å². The molecule has 1 aromatic heterocycles. The molecule has 6 nitrogen and oxygen atoms in total. The summed E-state index contributed by atoms with van der Waals surface area (Å²) < 4.78 is 25.2. The average Bonchev–Trinajstić information content (AvgIpc) is 2.54. The lowest BCUT2D eigenvalue weighted by Gasteiger charge is -2.10. The zero-order valence-electron chi connectivity index (χ0n) is 13.8. The number of primary amides is 1. The Kier molecular flexibility index (Phi) is 4.18. The fourth-order valence-corrected chi connectivity index (χ4v) is 3.18. The molecule has 3 aromatic rings. The molecule has 3 N–H and O–H groups in total. The van der Waals surface area contributed by atoms with Gasteiger partial charge < -0.3 is 5.73 Å². The second-order valence-electron chi connectivity index (χ2n) is 5.87. The number of amides is 1. The van der Waals surface area contributed by atoms with Gasteiger partial charge in [-0.15, -0.1) is 0 Å². The quantitative estimate of drug-likeness (QED) is 0.751. The van der Waals surface area contributed by atoms with Crippen LogP contribution in [0.5, 0.6) is 0 Å². The van der Waals surface area contributed by atoms with Gasteiger partial charge in [0, 0.05) is 22.2 Å². The first-order valence-corrected chi connectivity index (χ1v) is 9.41. The van der Waals surface area contributed by atoms with Gasteiger partial charge in [-0.1, -0.05) is 12.1 Å². The lowest BCUT2D eigenvalue weighted by atomic mass is 10.0. The molecule has 128 valence electrons. The summed E-state index contributed by atoms with van der Waals surface area (Å²) in [6.07, 6.45) is 1.11. The fourth-order valence-electron chi connectivity index (χ4n) is 2.62. The Morgan fingerprint density at radius 3 is 2.36 bits per heavy atom. The lowest BCUT2D eigenvalue weighted by molar-refractivity contribution is 0.100. The molecule has 0 unspecified atom stereocenters. The van der Waals surface area contributed by atoms with Crippen LogP contribution in [0.2, 0.25) is 0 Å². The fraction of sp³-hybridized carbons (Fsp3) is 0.111. The Hall–Kier alpha value is -2.93. The number of aromatic nitrogens is 1. The van der Waals surface area contributed by atoms with Gasteiger partial charge >= 0.3 is 0 Å². The summed E-state index contributed by atoms with van der Waals surface area (Å²) in [5, 5.41) is 0.867. The summed E-state index contributed by atoms with van der Waals surface area (Å²) in [5.74, 6) is -0.472. The van der Waals surface area contributed by atoms with E-state index in [0.29, 0.717) is 11.3 Å². The van der Waals surface area contributed by atoms with E-state index in [4.69, 9.17) is 5.73 Å². The van der Waals surface area contributed by atoms with E-state index in [-0.39, 0.29) is 0 Å². The molecule has 0 atom stereocenters. The summed E-state index contributed by atoms with van der Waals surface area (Å²) >= 11 is 0. The molecule has 0 saturated carbocycles. The molecule has 0 aliphatic carbocycles. The predicted molar refractivity (Wildman–Crippen MR) is 98.9 cm³/mol. The molecule has 0 aliphatic heterocycles. The molecule has 0 fully saturated rings. The molecule has 0 aliphatic rings. The van der Waals surface area contributed by atoms with Crippen LogP contribution in [-0.4, -0.2) is 25.6 Å². The summed E-state index contributed by atoms with van der Waals surface area (Å²) in [4.78, 5) is 15.8. The monoisotopic (exact) mass is 355 g/mol. The van der Waals surface area contributed by atoms with Crippen LogP contribution in [0.1, 0.15) is 15.9 Å². The van der Waals surface area contributed by atoms with Crippen molar-refractivity contribution in [2.45, 2.75) is 6.92 Å². The maximum atomic E-state index is 11.4. The van der Waals surface area contributed by atoms with Crippen molar-refractivity contribution in [2.75, 3.05) is 11.0 Å². The Morgan fingerprint density at radius 1 is 1.08 bits per heavy atom. The molecule has 0 spiro atoms. The molecule has 1 heterocycles. The molecule has 0 radical (unpaired) electrons. The SMILES string of the molecule is Cc1cc(-c2ccc(C(N)=O)cc2)nc2ccc(NS(C)(=O)=O)cc12. The van der Waals surface area contributed by atoms with Crippen LogP contribution >= 0.6 is 0 Å². The first-order chi connectivity index (χ1) is 11.7. The van der Waals surface area contributed by atoms with Gasteiger partial charge in [-0.2, -0.15) is 0 Å². The summed E-state index contributed by atoms with van der Waals surface area (Å²) in [6, 6.07) is 14.1. The molecular formula is C18H17N3O3S. The minimum atomic E-state index is -3.33. The first-order valence-electron chi connectivity index (χ1n) is 7.52. The molecule has 3 rings (SSSR count). The summed E-state index contributed by atoms with van der Waals surface area (Å²) in [6.45, 7) is 1.94. The summed E-state index contributed by atoms with van der Waals surface area (Å²) in [5.41, 5.74) is 9.56. The van der Waals surface area contributed by atoms with Crippen molar-refractivity contribution in [1.82, 2.24) is 4.98 Å². The maximum absolute atomic E-state index is 11.4. The van der Waals surface area contributed by atoms with Crippen LogP contribution in [0, 0.1) is 6.92 Å². The third-order valence-electron chi connectivity index (χ3n) is 3.78. The van der Waals surface area contributed by atoms with E-state index in [9.17, 15) is 13.2 Å². The van der Waals surface area contributed by atoms with Gasteiger partial charge in [-0.05, 0) is 48.9 Å². The van der Waals surface area contributed by atoms with E-state index in [0.717, 1.165) is 34.0 Å². The normalized spacial score (nSPS) is 11.4. The number of sulfonamides is 1. The number of benzene rings is 2. The molecule has 1 amide bonds. The zero-order chi connectivity index (χ0) is 18.2. The Bertz CT molecular complexity index is 1070. The van der Waals surface area contributed by atoms with Crippen molar-refractivity contribution in [2.24, 2.45) is 5.73 Å². The predicted octanol–water partition coefficient (Wildman–Crippen LogP) is 2.68. The molecule has 0 bridgehead atoms. The number of nitrogens with one attached hydrogen (secondary N) is 1. The van der Waals surface area contributed by atoms with Gasteiger partial charge in [0.1, 0.15) is 0 Å². The highest BCUT2D eigenvalue weighted by atomic mass is 32.2. The number of carbonyl (C=O) groups is 1. The van der Waals surface area contributed by atoms with E-state index in [1.165, 1.54) is 0 Å². The van der Waals surface area contributed by atoms with E-state index >= 15 is 0 Å². The number of aryl methyl sites for hydroxylation is 1. The summed E-state index contributed by atoms with van der Waals surface area (Å²) in [7, 11) is -3.33. The highest BCUT2D eigenvalue weighted by Crippen LogP contribution is 2.27. The minimum Gasteiger partial charge on any atom is -0.366 e. The second-order valence-corrected chi connectivity index (χ2v) is 7.62. The highest BCUT2D eigenvalue weighted by Gasteiger charge is 2.09. The maximum Gasteiger partial charge on any atom is 0.248 e. The smallest absolute Gasteiger partial charge is 0.248 e. The zero-order valence-corrected chi connectivity index (χ0v) is 14.6. The number of carbonyl (C=O) groups excluding carboxylic acids is 1. The van der Waals surface area contributed by atoms with Gasteiger partial charge in [-0.25, -0.2) is 13.4 Å². The standard InChI is InChI=1S/C18H17N3O3S/c1-11-9-17(12-3-5-13(6-4-12)18(19)22)20-16-8-7-14(10-15(11)16)21-25(2,23)24/h3-10,21H,1-2H3,(H2,19,22). The van der Waals surface area contributed by atoms with Crippen LogP contribution in [0.25, 0.3) is 22.2 Å². The average molecular weight is 355 g/mol. The number of nitrogens with zero attached hydrogens (tertiary/aromatic N) is 1. The third-order valence-corrected chi connectivity index (χ3v) is 4.39. The molecule has 0 saturated heterocycles. The number of rotatable bonds is 4. The molecule has 25 heavy (non-hydrogen) atoms. The first kappa shape index (κ1) is 16.9. The van der Waals surface area contributed by atoms with Crippen LogP contribution in [0.3, 0.4) is 0 Å². The second kappa shape index (κ2) is 6.18. The number of anilines is 1. The van der Waals surface area contributed by atoms with Gasteiger partial charge in [0.25, 0.3) is 0 Å². The number of pyridine rings is 1. The van der Waals surface area contributed by atoms with Gasteiger partial charge in [0.05, 0.1) is 17.5 Å². The third kappa shape index (κ3) is 3.77. The topological polar surface area (TPSA) is 102 Å². The van der Waals surface area contributed by atoms with Crippen LogP contribution in [-0.2, 0) is 10.0 Å². The highest BCUT2D eigenvalue weighted by molar-refractivity contribution is 7.92. The minimum absolute atomic E-state index is 0.442. The Balaban J connectivity index is 2.04. The molecule has 7 heteroatoms. The van der Waals surface area contributed by atoms with Crippen molar-refractivity contribution < 1.29 is 13.2 Å². The van der Waals surface area contributed by atoms with Crippen molar-refractivity contribution in [1.29, 1.82) is 0 Å². The van der Waals surface area contributed by atoms with E-state index < -0.39 is 15.9 Å². The number of fused-ring (bicyclic) bond motifs is 1. The molecule has 2 aromatic carbocycles. The van der Waals surface area contributed by atoms with Crippen LogP contribution in [0.15, 0.2) is 48.5 Å². The van der Waals surface area contributed by atoms with Gasteiger partial charge in [0.2, 0.25) is 15.9 Å². The number of nitrogens with two attached hydrogens (primary N) is 1. The van der Waals surface area contributed by atoms with Crippen LogP contribution < -0.4 is 10.5 Å². The van der Waals surface area contributed by atoms with E-state index in [1.54, 1.807) is 42.5 Å². The van der Waals surface area contributed by atoms with Crippen molar-refractivity contribution in [3.8, 4) is 11.3 Å². The van der Waals surface area contributed by atoms with E-state index in [2.05, 4.69) is 9.71 Å². The van der Waals surface area contributed by atoms with Crippen molar-refractivity contribution in [3.05, 3.63) is 59.7 Å². The van der Waals surface area contributed by atoms with E-state index in [1.807, 2.05) is 13.0 Å². The lowest BCUT2D eigenvalue weighted by Crippen LogP contribution is -2.10. The Morgan fingerprint density at radius 2 is 1.76 bits per heavy atom. The number of hydrogen-bond donors (Lipinski definition) is 2. The largest absolute Gasteiger partial charge is 0.366 e. The Labute approximate surface area is 145 Å². The number of hydrogen-bond acceptors (Lipinski definition) is 4.